The smallest absolute Gasteiger partial charge is 0.118 e. The zero-order valence-corrected chi connectivity index (χ0v) is 10.7. The highest BCUT2D eigenvalue weighted by Crippen LogP contribution is 2.49. The van der Waals surface area contributed by atoms with Gasteiger partial charge in [-0.15, -0.1) is 13.2 Å². The average Bonchev–Trinajstić information content (AvgIpc) is 2.32. The SMILES string of the molecule is C=COC1CCC(C)(OC=C)C(C=C)(C=C)C1. The summed E-state index contributed by atoms with van der Waals surface area (Å²) in [4.78, 5) is 0. The molecule has 0 spiro atoms. The Morgan fingerprint density at radius 1 is 1.12 bits per heavy atom. The second-order valence-corrected chi connectivity index (χ2v) is 4.63. The van der Waals surface area contributed by atoms with E-state index in [4.69, 9.17) is 9.47 Å². The van der Waals surface area contributed by atoms with Crippen LogP contribution in [0, 0.1) is 5.41 Å². The molecule has 1 saturated carbocycles. The van der Waals surface area contributed by atoms with Gasteiger partial charge >= 0.3 is 0 Å². The van der Waals surface area contributed by atoms with Gasteiger partial charge < -0.3 is 9.47 Å². The predicted molar refractivity (Wildman–Crippen MR) is 71.4 cm³/mol. The van der Waals surface area contributed by atoms with E-state index in [9.17, 15) is 0 Å². The van der Waals surface area contributed by atoms with Crippen LogP contribution in [-0.2, 0) is 9.47 Å². The molecule has 2 unspecified atom stereocenters. The number of ether oxygens (including phenoxy) is 2. The molecule has 2 nitrogen and oxygen atoms in total. The van der Waals surface area contributed by atoms with Crippen molar-refractivity contribution in [2.75, 3.05) is 0 Å². The summed E-state index contributed by atoms with van der Waals surface area (Å²) < 4.78 is 11.2. The summed E-state index contributed by atoms with van der Waals surface area (Å²) in [5.74, 6) is 0. The minimum atomic E-state index is -0.348. The third-order valence-corrected chi connectivity index (χ3v) is 3.85. The Bertz CT molecular complexity index is 311. The highest BCUT2D eigenvalue weighted by atomic mass is 16.5. The molecule has 94 valence electrons. The molecule has 0 saturated heterocycles. The lowest BCUT2D eigenvalue weighted by Crippen LogP contribution is -2.50. The first kappa shape index (κ1) is 13.6. The van der Waals surface area contributed by atoms with Gasteiger partial charge in [0.1, 0.15) is 5.60 Å². The van der Waals surface area contributed by atoms with E-state index in [0.717, 1.165) is 19.3 Å². The van der Waals surface area contributed by atoms with Crippen molar-refractivity contribution in [3.63, 3.8) is 0 Å². The summed E-state index contributed by atoms with van der Waals surface area (Å²) in [5, 5.41) is 0. The molecule has 1 rings (SSSR count). The molecule has 1 aliphatic carbocycles. The first-order valence-corrected chi connectivity index (χ1v) is 5.90. The van der Waals surface area contributed by atoms with Crippen LogP contribution in [0.15, 0.2) is 51.0 Å². The van der Waals surface area contributed by atoms with Gasteiger partial charge in [0.25, 0.3) is 0 Å². The molecule has 1 aliphatic rings. The summed E-state index contributed by atoms with van der Waals surface area (Å²) in [7, 11) is 0. The van der Waals surface area contributed by atoms with E-state index in [0.29, 0.717) is 0 Å². The molecular weight excluding hydrogens is 212 g/mol. The Morgan fingerprint density at radius 3 is 2.24 bits per heavy atom. The number of hydrogen-bond donors (Lipinski definition) is 0. The zero-order valence-electron chi connectivity index (χ0n) is 10.7. The average molecular weight is 234 g/mol. The van der Waals surface area contributed by atoms with Crippen molar-refractivity contribution in [2.24, 2.45) is 5.41 Å². The molecule has 0 aromatic rings. The van der Waals surface area contributed by atoms with Gasteiger partial charge in [0.2, 0.25) is 0 Å². The number of rotatable bonds is 6. The Morgan fingerprint density at radius 2 is 1.76 bits per heavy atom. The molecule has 17 heavy (non-hydrogen) atoms. The Labute approximate surface area is 104 Å². The van der Waals surface area contributed by atoms with Crippen molar-refractivity contribution in [3.05, 3.63) is 51.0 Å². The van der Waals surface area contributed by atoms with Crippen molar-refractivity contribution in [2.45, 2.75) is 37.9 Å². The van der Waals surface area contributed by atoms with Crippen LogP contribution < -0.4 is 0 Å². The second kappa shape index (κ2) is 5.26. The summed E-state index contributed by atoms with van der Waals surface area (Å²) >= 11 is 0. The van der Waals surface area contributed by atoms with Crippen molar-refractivity contribution in [1.82, 2.24) is 0 Å². The van der Waals surface area contributed by atoms with E-state index in [1.807, 2.05) is 12.2 Å². The summed E-state index contributed by atoms with van der Waals surface area (Å²) in [6.45, 7) is 17.2. The van der Waals surface area contributed by atoms with Crippen LogP contribution >= 0.6 is 0 Å². The molecule has 0 amide bonds. The van der Waals surface area contributed by atoms with Gasteiger partial charge in [-0.05, 0) is 19.8 Å². The topological polar surface area (TPSA) is 18.5 Å². The molecule has 0 N–H and O–H groups in total. The lowest BCUT2D eigenvalue weighted by Gasteiger charge is -2.49. The lowest BCUT2D eigenvalue weighted by molar-refractivity contribution is -0.0934. The van der Waals surface area contributed by atoms with Gasteiger partial charge in [-0.3, -0.25) is 0 Å². The molecule has 2 heteroatoms. The second-order valence-electron chi connectivity index (χ2n) is 4.63. The molecular formula is C15H22O2. The first-order chi connectivity index (χ1) is 8.07. The maximum absolute atomic E-state index is 5.73. The molecule has 1 fully saturated rings. The molecule has 0 aromatic heterocycles. The van der Waals surface area contributed by atoms with Crippen molar-refractivity contribution in [3.8, 4) is 0 Å². The summed E-state index contributed by atoms with van der Waals surface area (Å²) in [6.07, 6.45) is 9.55. The number of hydrogen-bond acceptors (Lipinski definition) is 2. The maximum atomic E-state index is 5.73. The van der Waals surface area contributed by atoms with Gasteiger partial charge in [-0.1, -0.05) is 25.3 Å². The maximum Gasteiger partial charge on any atom is 0.118 e. The monoisotopic (exact) mass is 234 g/mol. The van der Waals surface area contributed by atoms with Crippen LogP contribution in [0.1, 0.15) is 26.2 Å². The quantitative estimate of drug-likeness (QED) is 0.511. The van der Waals surface area contributed by atoms with E-state index >= 15 is 0 Å². The van der Waals surface area contributed by atoms with Gasteiger partial charge in [-0.25, -0.2) is 0 Å². The predicted octanol–water partition coefficient (Wildman–Crippen LogP) is 3.98. The van der Waals surface area contributed by atoms with Crippen LogP contribution in [0.4, 0.5) is 0 Å². The molecule has 0 aromatic carbocycles. The van der Waals surface area contributed by atoms with Crippen LogP contribution in [0.3, 0.4) is 0 Å². The normalized spacial score (nSPS) is 31.0. The standard InChI is InChI=1S/C15H22O2/c1-6-15(7-2)12-13(16-8-3)10-11-14(15,5)17-9-4/h6-9,13H,1-4,10-12H2,5H3. The van der Waals surface area contributed by atoms with Crippen molar-refractivity contribution >= 4 is 0 Å². The third-order valence-electron chi connectivity index (χ3n) is 3.85. The molecule has 2 atom stereocenters. The van der Waals surface area contributed by atoms with Gasteiger partial charge in [0.05, 0.1) is 18.6 Å². The minimum absolute atomic E-state index is 0.144. The highest BCUT2D eigenvalue weighted by Gasteiger charge is 2.50. The van der Waals surface area contributed by atoms with E-state index in [1.54, 1.807) is 0 Å². The van der Waals surface area contributed by atoms with Crippen molar-refractivity contribution < 1.29 is 9.47 Å². The van der Waals surface area contributed by atoms with Crippen LogP contribution in [-0.4, -0.2) is 11.7 Å². The fourth-order valence-corrected chi connectivity index (χ4v) is 2.65. The Hall–Kier alpha value is -1.44. The van der Waals surface area contributed by atoms with E-state index in [1.165, 1.54) is 12.5 Å². The van der Waals surface area contributed by atoms with E-state index in [2.05, 4.69) is 33.2 Å². The first-order valence-electron chi connectivity index (χ1n) is 5.90. The lowest BCUT2D eigenvalue weighted by atomic mass is 9.63. The largest absolute Gasteiger partial charge is 0.499 e. The summed E-state index contributed by atoms with van der Waals surface area (Å²) in [6, 6.07) is 0. The highest BCUT2D eigenvalue weighted by molar-refractivity contribution is 5.19. The molecule has 0 heterocycles. The fourth-order valence-electron chi connectivity index (χ4n) is 2.65. The van der Waals surface area contributed by atoms with Crippen molar-refractivity contribution in [1.29, 1.82) is 0 Å². The van der Waals surface area contributed by atoms with Crippen LogP contribution in [0.25, 0.3) is 0 Å². The van der Waals surface area contributed by atoms with Crippen LogP contribution in [0.5, 0.6) is 0 Å². The molecule has 0 aliphatic heterocycles. The van der Waals surface area contributed by atoms with E-state index < -0.39 is 0 Å². The van der Waals surface area contributed by atoms with E-state index in [-0.39, 0.29) is 17.1 Å². The Kier molecular flexibility index (Phi) is 4.22. The zero-order chi connectivity index (χ0) is 12.9. The van der Waals surface area contributed by atoms with Gasteiger partial charge in [-0.2, -0.15) is 0 Å². The molecule has 0 radical (unpaired) electrons. The van der Waals surface area contributed by atoms with Gasteiger partial charge in [0, 0.05) is 11.8 Å². The summed E-state index contributed by atoms with van der Waals surface area (Å²) in [5.41, 5.74) is -0.646. The third kappa shape index (κ3) is 2.31. The molecule has 0 bridgehead atoms. The fraction of sp³-hybridized carbons (Fsp3) is 0.467. The minimum Gasteiger partial charge on any atom is -0.499 e. The Balaban J connectivity index is 3.01. The van der Waals surface area contributed by atoms with Gasteiger partial charge in [0.15, 0.2) is 0 Å². The van der Waals surface area contributed by atoms with Crippen LogP contribution in [0.2, 0.25) is 0 Å².